The van der Waals surface area contributed by atoms with Gasteiger partial charge in [0.2, 0.25) is 0 Å². The predicted molar refractivity (Wildman–Crippen MR) is 130 cm³/mol. The summed E-state index contributed by atoms with van der Waals surface area (Å²) in [6, 6.07) is 10.9. The Hall–Kier alpha value is -2.31. The van der Waals surface area contributed by atoms with Gasteiger partial charge in [0.05, 0.1) is 6.20 Å². The first kappa shape index (κ1) is 20.3. The molecule has 1 saturated heterocycles. The summed E-state index contributed by atoms with van der Waals surface area (Å²) in [5.41, 5.74) is 11.0. The molecule has 0 amide bonds. The van der Waals surface area contributed by atoms with Crippen LogP contribution >= 0.6 is 23.4 Å². The number of rotatable bonds is 4. The second kappa shape index (κ2) is 7.92. The molecule has 2 fully saturated rings. The number of pyridine rings is 1. The zero-order valence-electron chi connectivity index (χ0n) is 17.9. The van der Waals surface area contributed by atoms with Gasteiger partial charge in [0, 0.05) is 29.7 Å². The highest BCUT2D eigenvalue weighted by atomic mass is 35.5. The average Bonchev–Trinajstić information content (AvgIpc) is 3.56. The fraction of sp³-hybridized carbons (Fsp3) is 0.400. The average molecular weight is 464 g/mol. The van der Waals surface area contributed by atoms with Crippen molar-refractivity contribution in [3.05, 3.63) is 64.6 Å². The number of fused-ring (bicyclic) bond motifs is 1. The number of hydrogen-bond acceptors (Lipinski definition) is 6. The molecule has 0 unspecified atom stereocenters. The molecule has 0 bridgehead atoms. The SMILES string of the molecule is Nc1nc(N2CCC3(CC2)Cc2ccccc2C3)cnc1Sc1ccnc(Cl)c1C1CC1. The molecule has 0 atom stereocenters. The Morgan fingerprint density at radius 2 is 1.75 bits per heavy atom. The van der Waals surface area contributed by atoms with E-state index in [0.717, 1.165) is 34.4 Å². The summed E-state index contributed by atoms with van der Waals surface area (Å²) < 4.78 is 0. The topological polar surface area (TPSA) is 67.9 Å². The zero-order valence-corrected chi connectivity index (χ0v) is 19.5. The fourth-order valence-corrected chi connectivity index (χ4v) is 6.65. The molecule has 1 spiro atoms. The van der Waals surface area contributed by atoms with Crippen LogP contribution < -0.4 is 10.6 Å². The second-order valence-corrected chi connectivity index (χ2v) is 10.8. The summed E-state index contributed by atoms with van der Waals surface area (Å²) in [6.07, 6.45) is 10.7. The van der Waals surface area contributed by atoms with E-state index in [2.05, 4.69) is 34.1 Å². The Bertz CT molecular complexity index is 1140. The number of halogens is 1. The van der Waals surface area contributed by atoms with Crippen LogP contribution in [0.25, 0.3) is 0 Å². The van der Waals surface area contributed by atoms with Gasteiger partial charge in [0.25, 0.3) is 0 Å². The number of piperidine rings is 1. The number of nitrogens with two attached hydrogens (primary N) is 1. The number of benzene rings is 1. The lowest BCUT2D eigenvalue weighted by molar-refractivity contribution is 0.232. The number of aromatic nitrogens is 3. The molecule has 0 radical (unpaired) electrons. The first-order valence-electron chi connectivity index (χ1n) is 11.4. The summed E-state index contributed by atoms with van der Waals surface area (Å²) in [4.78, 5) is 17.1. The van der Waals surface area contributed by atoms with Crippen molar-refractivity contribution < 1.29 is 0 Å². The summed E-state index contributed by atoms with van der Waals surface area (Å²) in [5.74, 6) is 1.87. The molecule has 32 heavy (non-hydrogen) atoms. The van der Waals surface area contributed by atoms with Crippen LogP contribution in [0.1, 0.15) is 48.3 Å². The molecule has 3 heterocycles. The van der Waals surface area contributed by atoms with E-state index in [0.29, 0.717) is 22.3 Å². The second-order valence-electron chi connectivity index (χ2n) is 9.42. The fourth-order valence-electron chi connectivity index (χ4n) is 5.32. The van der Waals surface area contributed by atoms with Crippen molar-refractivity contribution in [1.82, 2.24) is 15.0 Å². The molecule has 2 aliphatic carbocycles. The quantitative estimate of drug-likeness (QED) is 0.513. The lowest BCUT2D eigenvalue weighted by Crippen LogP contribution is -2.41. The van der Waals surface area contributed by atoms with Crippen LogP contribution in [0.15, 0.2) is 52.6 Å². The molecule has 7 heteroatoms. The van der Waals surface area contributed by atoms with Gasteiger partial charge in [-0.1, -0.05) is 47.6 Å². The molecular weight excluding hydrogens is 438 g/mol. The van der Waals surface area contributed by atoms with Crippen LogP contribution in [0.2, 0.25) is 5.15 Å². The van der Waals surface area contributed by atoms with Crippen molar-refractivity contribution in [2.45, 2.75) is 54.4 Å². The van der Waals surface area contributed by atoms with E-state index in [4.69, 9.17) is 27.3 Å². The molecule has 3 aromatic rings. The molecule has 2 N–H and O–H groups in total. The number of nitrogen functional groups attached to an aromatic ring is 1. The third-order valence-electron chi connectivity index (χ3n) is 7.24. The number of hydrogen-bond donors (Lipinski definition) is 1. The lowest BCUT2D eigenvalue weighted by Gasteiger charge is -2.40. The Balaban J connectivity index is 1.16. The van der Waals surface area contributed by atoms with Gasteiger partial charge in [-0.25, -0.2) is 15.0 Å². The van der Waals surface area contributed by atoms with Gasteiger partial charge in [-0.3, -0.25) is 0 Å². The Labute approximate surface area is 197 Å². The summed E-state index contributed by atoms with van der Waals surface area (Å²) in [5, 5.41) is 1.33. The van der Waals surface area contributed by atoms with Gasteiger partial charge in [-0.2, -0.15) is 0 Å². The molecule has 164 valence electrons. The minimum Gasteiger partial charge on any atom is -0.381 e. The first-order valence-corrected chi connectivity index (χ1v) is 12.6. The van der Waals surface area contributed by atoms with E-state index in [1.807, 2.05) is 12.3 Å². The zero-order chi connectivity index (χ0) is 21.7. The Morgan fingerprint density at radius 3 is 2.41 bits per heavy atom. The minimum atomic E-state index is 0.411. The molecule has 2 aromatic heterocycles. The molecule has 1 aromatic carbocycles. The van der Waals surface area contributed by atoms with Crippen LogP contribution in [0.5, 0.6) is 0 Å². The highest BCUT2D eigenvalue weighted by Crippen LogP contribution is 2.48. The number of nitrogens with zero attached hydrogens (tertiary/aromatic N) is 4. The van der Waals surface area contributed by atoms with E-state index >= 15 is 0 Å². The van der Waals surface area contributed by atoms with Gasteiger partial charge in [0.15, 0.2) is 5.82 Å². The van der Waals surface area contributed by atoms with Gasteiger partial charge >= 0.3 is 0 Å². The van der Waals surface area contributed by atoms with E-state index in [9.17, 15) is 0 Å². The van der Waals surface area contributed by atoms with Crippen molar-refractivity contribution in [1.29, 1.82) is 0 Å². The highest BCUT2D eigenvalue weighted by Gasteiger charge is 2.40. The van der Waals surface area contributed by atoms with Crippen molar-refractivity contribution >= 4 is 35.0 Å². The molecule has 6 rings (SSSR count). The molecule has 3 aliphatic rings. The van der Waals surface area contributed by atoms with Gasteiger partial charge in [0.1, 0.15) is 16.0 Å². The third-order valence-corrected chi connectivity index (χ3v) is 8.63. The van der Waals surface area contributed by atoms with E-state index in [1.165, 1.54) is 49.7 Å². The van der Waals surface area contributed by atoms with Crippen LogP contribution in [0, 0.1) is 5.41 Å². The summed E-state index contributed by atoms with van der Waals surface area (Å²) >= 11 is 7.93. The van der Waals surface area contributed by atoms with Gasteiger partial charge in [-0.05, 0) is 67.1 Å². The predicted octanol–water partition coefficient (Wildman–Crippen LogP) is 5.52. The summed E-state index contributed by atoms with van der Waals surface area (Å²) in [6.45, 7) is 2.00. The van der Waals surface area contributed by atoms with Crippen molar-refractivity contribution in [2.24, 2.45) is 5.41 Å². The molecule has 5 nitrogen and oxygen atoms in total. The normalized spacial score (nSPS) is 19.3. The van der Waals surface area contributed by atoms with Crippen LogP contribution in [-0.2, 0) is 12.8 Å². The number of anilines is 2. The summed E-state index contributed by atoms with van der Waals surface area (Å²) in [7, 11) is 0. The van der Waals surface area contributed by atoms with Crippen LogP contribution in [0.4, 0.5) is 11.6 Å². The van der Waals surface area contributed by atoms with Crippen LogP contribution in [0.3, 0.4) is 0 Å². The molecule has 1 saturated carbocycles. The maximum atomic E-state index is 6.38. The first-order chi connectivity index (χ1) is 15.6. The van der Waals surface area contributed by atoms with Crippen molar-refractivity contribution in [3.8, 4) is 0 Å². The minimum absolute atomic E-state index is 0.411. The Kier molecular flexibility index (Phi) is 5.03. The highest BCUT2D eigenvalue weighted by molar-refractivity contribution is 7.99. The van der Waals surface area contributed by atoms with Gasteiger partial charge in [-0.15, -0.1) is 0 Å². The lowest BCUT2D eigenvalue weighted by atomic mass is 9.76. The standard InChI is InChI=1S/C25H26ClN5S/c26-22-21(16-5-6-16)19(7-10-28-22)32-24-23(27)30-20(15-29-24)31-11-8-25(9-12-31)13-17-3-1-2-4-18(17)14-25/h1-4,7,10,15-16H,5-6,8-9,11-14H2,(H2,27,30). The van der Waals surface area contributed by atoms with E-state index < -0.39 is 0 Å². The molecular formula is C25H26ClN5S. The van der Waals surface area contributed by atoms with Crippen molar-refractivity contribution in [3.63, 3.8) is 0 Å². The maximum absolute atomic E-state index is 6.38. The van der Waals surface area contributed by atoms with Crippen molar-refractivity contribution in [2.75, 3.05) is 23.7 Å². The van der Waals surface area contributed by atoms with E-state index in [-0.39, 0.29) is 0 Å². The largest absolute Gasteiger partial charge is 0.381 e. The van der Waals surface area contributed by atoms with Gasteiger partial charge < -0.3 is 10.6 Å². The monoisotopic (exact) mass is 463 g/mol. The smallest absolute Gasteiger partial charge is 0.158 e. The Morgan fingerprint density at radius 1 is 1.03 bits per heavy atom. The third kappa shape index (κ3) is 3.73. The maximum Gasteiger partial charge on any atom is 0.158 e. The van der Waals surface area contributed by atoms with E-state index in [1.54, 1.807) is 18.0 Å². The van der Waals surface area contributed by atoms with Crippen LogP contribution in [-0.4, -0.2) is 28.0 Å². The molecule has 1 aliphatic heterocycles.